The number of alkyl halides is 3. The molecule has 1 heterocycles. The first kappa shape index (κ1) is 17.9. The molecular weight excluding hydrogens is 351 g/mol. The number of pyridine rings is 1. The summed E-state index contributed by atoms with van der Waals surface area (Å²) in [5.41, 5.74) is -1.17. The Kier molecular flexibility index (Phi) is 5.18. The van der Waals surface area contributed by atoms with Gasteiger partial charge in [-0.1, -0.05) is 11.6 Å². The minimum atomic E-state index is -4.72. The second-order valence-electron chi connectivity index (χ2n) is 4.64. The summed E-state index contributed by atoms with van der Waals surface area (Å²) in [7, 11) is 0. The first-order valence-electron chi connectivity index (χ1n) is 6.57. The summed E-state index contributed by atoms with van der Waals surface area (Å²) in [5, 5.41) is 8.22. The third-order valence-corrected chi connectivity index (χ3v) is 3.16. The number of carboxylic acids is 1. The minimum absolute atomic E-state index is 0.0607. The lowest BCUT2D eigenvalue weighted by molar-refractivity contribution is -0.144. The van der Waals surface area contributed by atoms with E-state index in [0.717, 1.165) is 12.3 Å². The number of rotatable bonds is 5. The minimum Gasteiger partial charge on any atom is -0.479 e. The Bertz CT molecular complexity index is 734. The van der Waals surface area contributed by atoms with Crippen molar-refractivity contribution in [2.75, 3.05) is 0 Å². The molecule has 2 aromatic rings. The standard InChI is InChI=1S/C15H11ClF3NO4/c1-8(14(21)22)23-9-2-4-10(5-3-9)24-13-12(15(17,18)19)11(16)6-7-20-13/h2-8H,1H3,(H,21,22). The average molecular weight is 362 g/mol. The molecule has 0 spiro atoms. The van der Waals surface area contributed by atoms with Crippen molar-refractivity contribution in [2.45, 2.75) is 19.2 Å². The maximum Gasteiger partial charge on any atom is 0.423 e. The molecule has 1 atom stereocenters. The van der Waals surface area contributed by atoms with Gasteiger partial charge in [-0.25, -0.2) is 9.78 Å². The lowest BCUT2D eigenvalue weighted by Gasteiger charge is -2.14. The smallest absolute Gasteiger partial charge is 0.423 e. The molecular formula is C15H11ClF3NO4. The Hall–Kier alpha value is -2.48. The molecule has 0 aliphatic carbocycles. The Morgan fingerprint density at radius 3 is 2.33 bits per heavy atom. The number of hydrogen-bond donors (Lipinski definition) is 1. The molecule has 9 heteroatoms. The number of ether oxygens (including phenoxy) is 2. The molecule has 1 aromatic heterocycles. The van der Waals surface area contributed by atoms with Crippen LogP contribution in [0.2, 0.25) is 5.02 Å². The highest BCUT2D eigenvalue weighted by molar-refractivity contribution is 6.31. The van der Waals surface area contributed by atoms with Crippen LogP contribution in [0, 0.1) is 0 Å². The summed E-state index contributed by atoms with van der Waals surface area (Å²) in [6, 6.07) is 6.40. The molecule has 1 N–H and O–H groups in total. The second kappa shape index (κ2) is 6.96. The van der Waals surface area contributed by atoms with Gasteiger partial charge in [0.25, 0.3) is 0 Å². The van der Waals surface area contributed by atoms with Crippen LogP contribution in [-0.2, 0) is 11.0 Å². The van der Waals surface area contributed by atoms with Crippen molar-refractivity contribution in [2.24, 2.45) is 0 Å². The fraction of sp³-hybridized carbons (Fsp3) is 0.200. The quantitative estimate of drug-likeness (QED) is 0.855. The zero-order valence-electron chi connectivity index (χ0n) is 12.2. The van der Waals surface area contributed by atoms with E-state index in [0.29, 0.717) is 0 Å². The first-order chi connectivity index (χ1) is 11.2. The van der Waals surface area contributed by atoms with Crippen LogP contribution in [0.5, 0.6) is 17.4 Å². The number of aliphatic carboxylic acids is 1. The number of benzene rings is 1. The van der Waals surface area contributed by atoms with E-state index in [1.807, 2.05) is 0 Å². The van der Waals surface area contributed by atoms with E-state index in [1.165, 1.54) is 31.2 Å². The van der Waals surface area contributed by atoms with E-state index in [2.05, 4.69) is 4.98 Å². The van der Waals surface area contributed by atoms with Gasteiger partial charge in [-0.05, 0) is 37.3 Å². The molecule has 0 amide bonds. The van der Waals surface area contributed by atoms with E-state index >= 15 is 0 Å². The van der Waals surface area contributed by atoms with E-state index in [-0.39, 0.29) is 11.5 Å². The first-order valence-corrected chi connectivity index (χ1v) is 6.95. The van der Waals surface area contributed by atoms with Crippen molar-refractivity contribution in [1.82, 2.24) is 4.98 Å². The highest BCUT2D eigenvalue weighted by atomic mass is 35.5. The van der Waals surface area contributed by atoms with Crippen molar-refractivity contribution in [3.05, 3.63) is 47.1 Å². The van der Waals surface area contributed by atoms with Crippen molar-refractivity contribution >= 4 is 17.6 Å². The lowest BCUT2D eigenvalue weighted by Crippen LogP contribution is -2.22. The zero-order chi connectivity index (χ0) is 17.9. The Morgan fingerprint density at radius 2 is 1.79 bits per heavy atom. The summed E-state index contributed by atoms with van der Waals surface area (Å²) in [6.45, 7) is 1.35. The molecule has 0 radical (unpaired) electrons. The van der Waals surface area contributed by atoms with Crippen molar-refractivity contribution in [3.63, 3.8) is 0 Å². The zero-order valence-corrected chi connectivity index (χ0v) is 12.9. The Balaban J connectivity index is 2.21. The lowest BCUT2D eigenvalue weighted by atomic mass is 10.2. The summed E-state index contributed by atoms with van der Waals surface area (Å²) in [6.07, 6.45) is -4.69. The van der Waals surface area contributed by atoms with Crippen LogP contribution < -0.4 is 9.47 Å². The third kappa shape index (κ3) is 4.29. The molecule has 0 saturated heterocycles. The molecule has 0 aliphatic heterocycles. The van der Waals surface area contributed by atoms with Gasteiger partial charge in [0.2, 0.25) is 5.88 Å². The topological polar surface area (TPSA) is 68.7 Å². The maximum absolute atomic E-state index is 13.0. The van der Waals surface area contributed by atoms with E-state index in [4.69, 9.17) is 26.2 Å². The number of nitrogens with zero attached hydrogens (tertiary/aromatic N) is 1. The molecule has 2 rings (SSSR count). The fourth-order valence-electron chi connectivity index (χ4n) is 1.71. The van der Waals surface area contributed by atoms with Gasteiger partial charge in [0.05, 0.1) is 5.02 Å². The van der Waals surface area contributed by atoms with E-state index in [1.54, 1.807) is 0 Å². The van der Waals surface area contributed by atoms with Gasteiger partial charge in [-0.2, -0.15) is 13.2 Å². The third-order valence-electron chi connectivity index (χ3n) is 2.85. The van der Waals surface area contributed by atoms with Crippen molar-refractivity contribution in [3.8, 4) is 17.4 Å². The SMILES string of the molecule is CC(Oc1ccc(Oc2nccc(Cl)c2C(F)(F)F)cc1)C(=O)O. The number of halogens is 4. The molecule has 0 saturated carbocycles. The van der Waals surface area contributed by atoms with Gasteiger partial charge < -0.3 is 14.6 Å². The van der Waals surface area contributed by atoms with Gasteiger partial charge in [0.1, 0.15) is 17.1 Å². The van der Waals surface area contributed by atoms with Gasteiger partial charge in [-0.3, -0.25) is 0 Å². The number of carbonyl (C=O) groups is 1. The second-order valence-corrected chi connectivity index (χ2v) is 5.05. The summed E-state index contributed by atoms with van der Waals surface area (Å²) < 4.78 is 49.3. The van der Waals surface area contributed by atoms with Crippen LogP contribution in [-0.4, -0.2) is 22.2 Å². The molecule has 0 bridgehead atoms. The summed E-state index contributed by atoms with van der Waals surface area (Å²) in [4.78, 5) is 14.3. The van der Waals surface area contributed by atoms with Gasteiger partial charge in [0.15, 0.2) is 6.10 Å². The predicted molar refractivity (Wildman–Crippen MR) is 78.5 cm³/mol. The predicted octanol–water partition coefficient (Wildman–Crippen LogP) is 4.40. The highest BCUT2D eigenvalue weighted by Gasteiger charge is 2.38. The highest BCUT2D eigenvalue weighted by Crippen LogP contribution is 2.41. The number of hydrogen-bond acceptors (Lipinski definition) is 4. The van der Waals surface area contributed by atoms with Crippen LogP contribution in [0.3, 0.4) is 0 Å². The monoisotopic (exact) mass is 361 g/mol. The molecule has 5 nitrogen and oxygen atoms in total. The van der Waals surface area contributed by atoms with Crippen LogP contribution in [0.25, 0.3) is 0 Å². The van der Waals surface area contributed by atoms with E-state index < -0.39 is 34.7 Å². The Morgan fingerprint density at radius 1 is 1.21 bits per heavy atom. The van der Waals surface area contributed by atoms with Crippen molar-refractivity contribution in [1.29, 1.82) is 0 Å². The average Bonchev–Trinajstić information content (AvgIpc) is 2.47. The van der Waals surface area contributed by atoms with Gasteiger partial charge >= 0.3 is 12.1 Å². The van der Waals surface area contributed by atoms with Gasteiger partial charge in [0, 0.05) is 6.20 Å². The van der Waals surface area contributed by atoms with Crippen molar-refractivity contribution < 1.29 is 32.5 Å². The van der Waals surface area contributed by atoms with Crippen LogP contribution >= 0.6 is 11.6 Å². The molecule has 24 heavy (non-hydrogen) atoms. The fourth-order valence-corrected chi connectivity index (χ4v) is 1.95. The molecule has 0 aliphatic rings. The number of carboxylic acid groups (broad SMARTS) is 1. The maximum atomic E-state index is 13.0. The molecule has 1 aromatic carbocycles. The number of aromatic nitrogens is 1. The molecule has 1 unspecified atom stereocenters. The molecule has 0 fully saturated rings. The summed E-state index contributed by atoms with van der Waals surface area (Å²) >= 11 is 5.58. The van der Waals surface area contributed by atoms with Crippen LogP contribution in [0.1, 0.15) is 12.5 Å². The van der Waals surface area contributed by atoms with Crippen LogP contribution in [0.4, 0.5) is 13.2 Å². The normalized spacial score (nSPS) is 12.5. The summed E-state index contributed by atoms with van der Waals surface area (Å²) in [5.74, 6) is -1.53. The largest absolute Gasteiger partial charge is 0.479 e. The van der Waals surface area contributed by atoms with E-state index in [9.17, 15) is 18.0 Å². The van der Waals surface area contributed by atoms with Gasteiger partial charge in [-0.15, -0.1) is 0 Å². The molecule has 128 valence electrons. The Labute approximate surface area is 139 Å². The van der Waals surface area contributed by atoms with Crippen LogP contribution in [0.15, 0.2) is 36.5 Å².